The molecular weight excluding hydrogens is 340 g/mol. The van der Waals surface area contributed by atoms with Gasteiger partial charge in [0, 0.05) is 39.4 Å². The maximum atomic E-state index is 12.9. The van der Waals surface area contributed by atoms with Gasteiger partial charge in [0.25, 0.3) is 5.69 Å². The van der Waals surface area contributed by atoms with Crippen LogP contribution in [0.3, 0.4) is 0 Å². The quantitative estimate of drug-likeness (QED) is 0.350. The van der Waals surface area contributed by atoms with Gasteiger partial charge in [-0.05, 0) is 44.2 Å². The lowest BCUT2D eigenvalue weighted by Crippen LogP contribution is -2.34. The predicted molar refractivity (Wildman–Crippen MR) is 98.5 cm³/mol. The molecule has 0 radical (unpaired) electrons. The normalized spacial score (nSPS) is 11.2. The number of methoxy groups -OCH3 is 1. The van der Waals surface area contributed by atoms with E-state index in [0.717, 1.165) is 0 Å². The van der Waals surface area contributed by atoms with Crippen molar-refractivity contribution in [3.05, 3.63) is 63.7 Å². The van der Waals surface area contributed by atoms with Gasteiger partial charge in [0.2, 0.25) is 0 Å². The third-order valence-electron chi connectivity index (χ3n) is 3.37. The number of nitro benzene ring substituents is 1. The largest absolute Gasteiger partial charge is 0.497 e. The highest BCUT2D eigenvalue weighted by Gasteiger charge is 2.20. The van der Waals surface area contributed by atoms with E-state index < -0.39 is 10.5 Å². The molecule has 2 aromatic carbocycles. The van der Waals surface area contributed by atoms with Gasteiger partial charge in [-0.15, -0.1) is 11.8 Å². The Bertz CT molecular complexity index is 783. The van der Waals surface area contributed by atoms with Gasteiger partial charge in [-0.1, -0.05) is 0 Å². The molecule has 0 heterocycles. The molecule has 0 saturated heterocycles. The molecule has 0 aliphatic rings. The molecule has 2 aromatic rings. The van der Waals surface area contributed by atoms with Crippen LogP contribution in [0.5, 0.6) is 5.75 Å². The molecule has 0 saturated carbocycles. The molecule has 2 N–H and O–H groups in total. The maximum Gasteiger partial charge on any atom is 0.270 e. The maximum absolute atomic E-state index is 12.9. The minimum absolute atomic E-state index is 0.117. The Morgan fingerprint density at radius 1 is 1.24 bits per heavy atom. The van der Waals surface area contributed by atoms with Gasteiger partial charge < -0.3 is 10.5 Å². The van der Waals surface area contributed by atoms with Crippen LogP contribution >= 0.6 is 11.8 Å². The van der Waals surface area contributed by atoms with Crippen molar-refractivity contribution in [1.29, 1.82) is 0 Å². The SMILES string of the molecule is COc1ccc(C(=O)c2cc([N+](=O)[O-])ccc2SCC(C)(C)N)cc1. The molecule has 0 aliphatic heterocycles. The number of carbonyl (C=O) groups excluding carboxylic acids is 1. The molecule has 25 heavy (non-hydrogen) atoms. The molecule has 0 amide bonds. The van der Waals surface area contributed by atoms with Crippen molar-refractivity contribution in [3.8, 4) is 5.75 Å². The van der Waals surface area contributed by atoms with E-state index >= 15 is 0 Å². The van der Waals surface area contributed by atoms with E-state index in [1.807, 2.05) is 13.8 Å². The van der Waals surface area contributed by atoms with Crippen molar-refractivity contribution < 1.29 is 14.5 Å². The zero-order valence-electron chi connectivity index (χ0n) is 14.3. The van der Waals surface area contributed by atoms with Crippen LogP contribution in [-0.4, -0.2) is 29.1 Å². The second kappa shape index (κ2) is 7.67. The predicted octanol–water partition coefficient (Wildman–Crippen LogP) is 3.66. The summed E-state index contributed by atoms with van der Waals surface area (Å²) in [7, 11) is 1.54. The lowest BCUT2D eigenvalue weighted by Gasteiger charge is -2.18. The van der Waals surface area contributed by atoms with Crippen molar-refractivity contribution in [1.82, 2.24) is 0 Å². The molecule has 2 rings (SSSR count). The molecule has 0 fully saturated rings. The molecule has 0 unspecified atom stereocenters. The number of carbonyl (C=O) groups is 1. The van der Waals surface area contributed by atoms with E-state index in [-0.39, 0.29) is 11.5 Å². The van der Waals surface area contributed by atoms with Gasteiger partial charge >= 0.3 is 0 Å². The van der Waals surface area contributed by atoms with Gasteiger partial charge in [-0.25, -0.2) is 0 Å². The molecule has 0 aromatic heterocycles. The monoisotopic (exact) mass is 360 g/mol. The third-order valence-corrected chi connectivity index (χ3v) is 4.93. The number of thioether (sulfide) groups is 1. The fourth-order valence-electron chi connectivity index (χ4n) is 2.10. The highest BCUT2D eigenvalue weighted by Crippen LogP contribution is 2.30. The van der Waals surface area contributed by atoms with Crippen LogP contribution < -0.4 is 10.5 Å². The van der Waals surface area contributed by atoms with Crippen LogP contribution in [0.25, 0.3) is 0 Å². The topological polar surface area (TPSA) is 95.5 Å². The molecule has 0 spiro atoms. The molecule has 0 atom stereocenters. The van der Waals surface area contributed by atoms with Gasteiger partial charge in [0.05, 0.1) is 12.0 Å². The first kappa shape index (κ1) is 19.0. The Labute approximate surface area is 150 Å². The Balaban J connectivity index is 2.41. The van der Waals surface area contributed by atoms with Crippen LogP contribution in [0.4, 0.5) is 5.69 Å². The van der Waals surface area contributed by atoms with Crippen LogP contribution in [0, 0.1) is 10.1 Å². The summed E-state index contributed by atoms with van der Waals surface area (Å²) in [4.78, 5) is 24.1. The zero-order chi connectivity index (χ0) is 18.6. The summed E-state index contributed by atoms with van der Waals surface area (Å²) in [5.74, 6) is 0.937. The Morgan fingerprint density at radius 2 is 1.88 bits per heavy atom. The van der Waals surface area contributed by atoms with E-state index in [0.29, 0.717) is 27.5 Å². The molecular formula is C18H20N2O4S. The number of ether oxygens (including phenoxy) is 1. The number of nitrogens with zero attached hydrogens (tertiary/aromatic N) is 1. The smallest absolute Gasteiger partial charge is 0.270 e. The van der Waals surface area contributed by atoms with Gasteiger partial charge in [0.1, 0.15) is 5.75 Å². The summed E-state index contributed by atoms with van der Waals surface area (Å²) >= 11 is 1.41. The summed E-state index contributed by atoms with van der Waals surface area (Å²) in [5.41, 5.74) is 6.20. The van der Waals surface area contributed by atoms with Crippen LogP contribution in [0.1, 0.15) is 29.8 Å². The molecule has 0 aliphatic carbocycles. The molecule has 132 valence electrons. The second-order valence-electron chi connectivity index (χ2n) is 6.27. The first-order chi connectivity index (χ1) is 11.7. The first-order valence-corrected chi connectivity index (χ1v) is 8.59. The Hall–Kier alpha value is -2.38. The fourth-order valence-corrected chi connectivity index (χ4v) is 3.10. The van der Waals surface area contributed by atoms with Crippen LogP contribution in [0.15, 0.2) is 47.4 Å². The third kappa shape index (κ3) is 5.04. The summed E-state index contributed by atoms with van der Waals surface area (Å²) in [6, 6.07) is 11.0. The molecule has 6 nitrogen and oxygen atoms in total. The minimum atomic E-state index is -0.508. The van der Waals surface area contributed by atoms with Gasteiger partial charge in [0.15, 0.2) is 5.78 Å². The molecule has 0 bridgehead atoms. The lowest BCUT2D eigenvalue weighted by molar-refractivity contribution is -0.384. The van der Waals surface area contributed by atoms with Crippen LogP contribution in [0.2, 0.25) is 0 Å². The average Bonchev–Trinajstić information content (AvgIpc) is 2.58. The number of nitrogens with two attached hydrogens (primary N) is 1. The van der Waals surface area contributed by atoms with E-state index in [2.05, 4.69) is 0 Å². The summed E-state index contributed by atoms with van der Waals surface area (Å²) in [6.45, 7) is 3.77. The van der Waals surface area contributed by atoms with Gasteiger partial charge in [-0.3, -0.25) is 14.9 Å². The number of non-ortho nitro benzene ring substituents is 1. The number of rotatable bonds is 7. The van der Waals surface area contributed by atoms with E-state index in [1.165, 1.54) is 23.9 Å². The number of ketones is 1. The van der Waals surface area contributed by atoms with Crippen molar-refractivity contribution in [2.75, 3.05) is 12.9 Å². The van der Waals surface area contributed by atoms with E-state index in [4.69, 9.17) is 10.5 Å². The van der Waals surface area contributed by atoms with Crippen LogP contribution in [-0.2, 0) is 0 Å². The highest BCUT2D eigenvalue weighted by atomic mass is 32.2. The van der Waals surface area contributed by atoms with E-state index in [9.17, 15) is 14.9 Å². The second-order valence-corrected chi connectivity index (χ2v) is 7.29. The first-order valence-electron chi connectivity index (χ1n) is 7.60. The Kier molecular flexibility index (Phi) is 5.81. The zero-order valence-corrected chi connectivity index (χ0v) is 15.1. The van der Waals surface area contributed by atoms with E-state index in [1.54, 1.807) is 37.4 Å². The minimum Gasteiger partial charge on any atom is -0.497 e. The van der Waals surface area contributed by atoms with Crippen molar-refractivity contribution in [2.24, 2.45) is 5.73 Å². The summed E-state index contributed by atoms with van der Waals surface area (Å²) in [5, 5.41) is 11.1. The highest BCUT2D eigenvalue weighted by molar-refractivity contribution is 7.99. The Morgan fingerprint density at radius 3 is 2.40 bits per heavy atom. The van der Waals surface area contributed by atoms with Crippen molar-refractivity contribution >= 4 is 23.2 Å². The standard InChI is InChI=1S/C18H20N2O4S/c1-18(2,19)11-25-16-9-6-13(20(22)23)10-15(16)17(21)12-4-7-14(24-3)8-5-12/h4-10H,11,19H2,1-3H3. The van der Waals surface area contributed by atoms with Gasteiger partial charge in [-0.2, -0.15) is 0 Å². The number of benzene rings is 2. The molecule has 7 heteroatoms. The van der Waals surface area contributed by atoms with Crippen molar-refractivity contribution in [3.63, 3.8) is 0 Å². The lowest BCUT2D eigenvalue weighted by atomic mass is 10.0. The van der Waals surface area contributed by atoms with Crippen molar-refractivity contribution in [2.45, 2.75) is 24.3 Å². The fraction of sp³-hybridized carbons (Fsp3) is 0.278. The summed E-state index contributed by atoms with van der Waals surface area (Å²) in [6.07, 6.45) is 0. The average molecular weight is 360 g/mol. The number of hydrogen-bond donors (Lipinski definition) is 1. The summed E-state index contributed by atoms with van der Waals surface area (Å²) < 4.78 is 5.09. The number of hydrogen-bond acceptors (Lipinski definition) is 6. The number of nitro groups is 1.